The van der Waals surface area contributed by atoms with Crippen LogP contribution in [-0.2, 0) is 9.53 Å². The molecular formula is C17H22O3. The molecule has 3 heteroatoms. The summed E-state index contributed by atoms with van der Waals surface area (Å²) < 4.78 is 5.43. The molecule has 2 rings (SSSR count). The summed E-state index contributed by atoms with van der Waals surface area (Å²) in [5.74, 6) is 0.0575. The van der Waals surface area contributed by atoms with Crippen molar-refractivity contribution < 1.29 is 14.3 Å². The van der Waals surface area contributed by atoms with E-state index in [1.807, 2.05) is 6.07 Å². The number of carbonyl (C=O) groups excluding carboxylic acids is 2. The lowest BCUT2D eigenvalue weighted by Crippen LogP contribution is -2.38. The summed E-state index contributed by atoms with van der Waals surface area (Å²) in [6, 6.07) is 8.83. The standard InChI is InChI=1S/C17H22O3/c1-17(2,3)13-9-10-14(18)15(11-13)20-16(19)12-7-5-4-6-8-12/h4-8,13,15H,9-11H2,1-3H3/t13?,15-/m0/s1. The SMILES string of the molecule is CC(C)(C)C1CCC(=O)[C@@H](OC(=O)c2ccccc2)C1. The summed E-state index contributed by atoms with van der Waals surface area (Å²) in [6.07, 6.45) is 1.46. The second kappa shape index (κ2) is 5.78. The first-order valence-corrected chi connectivity index (χ1v) is 7.16. The average Bonchev–Trinajstić information content (AvgIpc) is 2.41. The maximum atomic E-state index is 12.0. The van der Waals surface area contributed by atoms with Crippen molar-refractivity contribution in [2.45, 2.75) is 46.1 Å². The fourth-order valence-electron chi connectivity index (χ4n) is 2.66. The second-order valence-electron chi connectivity index (χ2n) is 6.56. The molecule has 1 aliphatic rings. The first-order chi connectivity index (χ1) is 9.38. The van der Waals surface area contributed by atoms with Gasteiger partial charge in [0.1, 0.15) is 0 Å². The van der Waals surface area contributed by atoms with E-state index < -0.39 is 12.1 Å². The van der Waals surface area contributed by atoms with Crippen molar-refractivity contribution in [3.05, 3.63) is 35.9 Å². The smallest absolute Gasteiger partial charge is 0.338 e. The van der Waals surface area contributed by atoms with Crippen LogP contribution in [0.1, 0.15) is 50.4 Å². The Morgan fingerprint density at radius 2 is 1.85 bits per heavy atom. The van der Waals surface area contributed by atoms with E-state index in [2.05, 4.69) is 20.8 Å². The topological polar surface area (TPSA) is 43.4 Å². The molecule has 0 heterocycles. The zero-order valence-electron chi connectivity index (χ0n) is 12.4. The van der Waals surface area contributed by atoms with Crippen LogP contribution in [0.3, 0.4) is 0 Å². The zero-order chi connectivity index (χ0) is 14.8. The molecule has 3 nitrogen and oxygen atoms in total. The molecule has 1 unspecified atom stereocenters. The van der Waals surface area contributed by atoms with Gasteiger partial charge in [0.2, 0.25) is 0 Å². The number of ketones is 1. The summed E-state index contributed by atoms with van der Waals surface area (Å²) in [5, 5.41) is 0. The molecule has 2 atom stereocenters. The minimum absolute atomic E-state index is 0.0507. The van der Waals surface area contributed by atoms with Gasteiger partial charge in [0.05, 0.1) is 5.56 Å². The fraction of sp³-hybridized carbons (Fsp3) is 0.529. The first-order valence-electron chi connectivity index (χ1n) is 7.16. The second-order valence-corrected chi connectivity index (χ2v) is 6.56. The number of rotatable bonds is 2. The Morgan fingerprint density at radius 1 is 1.20 bits per heavy atom. The maximum absolute atomic E-state index is 12.0. The summed E-state index contributed by atoms with van der Waals surface area (Å²) in [4.78, 5) is 24.0. The Labute approximate surface area is 120 Å². The zero-order valence-corrected chi connectivity index (χ0v) is 12.4. The van der Waals surface area contributed by atoms with Crippen LogP contribution in [0.5, 0.6) is 0 Å². The van der Waals surface area contributed by atoms with Gasteiger partial charge in [-0.1, -0.05) is 39.0 Å². The molecule has 0 spiro atoms. The predicted molar refractivity (Wildman–Crippen MR) is 77.4 cm³/mol. The fourth-order valence-corrected chi connectivity index (χ4v) is 2.66. The summed E-state index contributed by atoms with van der Waals surface area (Å²) >= 11 is 0. The molecule has 0 bridgehead atoms. The summed E-state index contributed by atoms with van der Waals surface area (Å²) in [5.41, 5.74) is 0.635. The molecule has 108 valence electrons. The molecule has 0 amide bonds. The molecule has 1 fully saturated rings. The van der Waals surface area contributed by atoms with E-state index in [-0.39, 0.29) is 11.2 Å². The van der Waals surface area contributed by atoms with Crippen LogP contribution in [0.4, 0.5) is 0 Å². The highest BCUT2D eigenvalue weighted by Crippen LogP contribution is 2.37. The summed E-state index contributed by atoms with van der Waals surface area (Å²) in [7, 11) is 0. The molecule has 0 N–H and O–H groups in total. The Balaban J connectivity index is 2.04. The van der Waals surface area contributed by atoms with Crippen LogP contribution in [0, 0.1) is 11.3 Å². The van der Waals surface area contributed by atoms with E-state index in [1.54, 1.807) is 24.3 Å². The highest BCUT2D eigenvalue weighted by atomic mass is 16.5. The van der Waals surface area contributed by atoms with Gasteiger partial charge in [-0.25, -0.2) is 4.79 Å². The Kier molecular flexibility index (Phi) is 4.26. The Morgan fingerprint density at radius 3 is 2.45 bits per heavy atom. The first kappa shape index (κ1) is 14.8. The average molecular weight is 274 g/mol. The van der Waals surface area contributed by atoms with Crippen molar-refractivity contribution >= 4 is 11.8 Å². The largest absolute Gasteiger partial charge is 0.451 e. The number of hydrogen-bond acceptors (Lipinski definition) is 3. The van der Waals surface area contributed by atoms with Gasteiger partial charge in [-0.3, -0.25) is 4.79 Å². The number of carbonyl (C=O) groups is 2. The van der Waals surface area contributed by atoms with E-state index in [0.717, 1.165) is 6.42 Å². The highest BCUT2D eigenvalue weighted by molar-refractivity contribution is 5.93. The van der Waals surface area contributed by atoms with Crippen LogP contribution >= 0.6 is 0 Å². The lowest BCUT2D eigenvalue weighted by Gasteiger charge is -2.36. The molecular weight excluding hydrogens is 252 g/mol. The molecule has 0 aliphatic heterocycles. The van der Waals surface area contributed by atoms with Gasteiger partial charge in [0.15, 0.2) is 11.9 Å². The third kappa shape index (κ3) is 3.47. The number of hydrogen-bond donors (Lipinski definition) is 0. The van der Waals surface area contributed by atoms with E-state index in [1.165, 1.54) is 0 Å². The van der Waals surface area contributed by atoms with Gasteiger partial charge in [0, 0.05) is 6.42 Å². The van der Waals surface area contributed by atoms with Crippen molar-refractivity contribution in [3.8, 4) is 0 Å². The minimum Gasteiger partial charge on any atom is -0.451 e. The van der Waals surface area contributed by atoms with Gasteiger partial charge < -0.3 is 4.74 Å². The maximum Gasteiger partial charge on any atom is 0.338 e. The van der Waals surface area contributed by atoms with Crippen molar-refractivity contribution in [3.63, 3.8) is 0 Å². The van der Waals surface area contributed by atoms with Crippen LogP contribution in [0.2, 0.25) is 0 Å². The van der Waals surface area contributed by atoms with Gasteiger partial charge in [0.25, 0.3) is 0 Å². The molecule has 20 heavy (non-hydrogen) atoms. The predicted octanol–water partition coefficient (Wildman–Crippen LogP) is 3.63. The number of Topliss-reactive ketones (excluding diaryl/α,β-unsaturated/α-hetero) is 1. The quantitative estimate of drug-likeness (QED) is 0.773. The monoisotopic (exact) mass is 274 g/mol. The third-order valence-corrected chi connectivity index (χ3v) is 4.08. The molecule has 1 aliphatic carbocycles. The van der Waals surface area contributed by atoms with E-state index >= 15 is 0 Å². The van der Waals surface area contributed by atoms with Crippen molar-refractivity contribution in [1.82, 2.24) is 0 Å². The molecule has 0 saturated heterocycles. The van der Waals surface area contributed by atoms with Crippen LogP contribution in [-0.4, -0.2) is 17.9 Å². The van der Waals surface area contributed by atoms with Crippen LogP contribution in [0.25, 0.3) is 0 Å². The van der Waals surface area contributed by atoms with Crippen molar-refractivity contribution in [2.75, 3.05) is 0 Å². The molecule has 1 aromatic rings. The number of esters is 1. The molecule has 1 saturated carbocycles. The van der Waals surface area contributed by atoms with Gasteiger partial charge in [-0.2, -0.15) is 0 Å². The lowest BCUT2D eigenvalue weighted by atomic mass is 9.71. The third-order valence-electron chi connectivity index (χ3n) is 4.08. The van der Waals surface area contributed by atoms with Crippen molar-refractivity contribution in [1.29, 1.82) is 0 Å². The summed E-state index contributed by atoms with van der Waals surface area (Å²) in [6.45, 7) is 6.51. The molecule has 0 aromatic heterocycles. The van der Waals surface area contributed by atoms with Crippen LogP contribution < -0.4 is 0 Å². The van der Waals surface area contributed by atoms with Crippen LogP contribution in [0.15, 0.2) is 30.3 Å². The van der Waals surface area contributed by atoms with E-state index in [9.17, 15) is 9.59 Å². The molecule has 1 aromatic carbocycles. The lowest BCUT2D eigenvalue weighted by molar-refractivity contribution is -0.132. The minimum atomic E-state index is -0.583. The Hall–Kier alpha value is -1.64. The van der Waals surface area contributed by atoms with Gasteiger partial charge >= 0.3 is 5.97 Å². The number of benzene rings is 1. The normalized spacial score (nSPS) is 23.4. The Bertz CT molecular complexity index is 485. The number of ether oxygens (including phenoxy) is 1. The van der Waals surface area contributed by atoms with E-state index in [0.29, 0.717) is 24.3 Å². The van der Waals surface area contributed by atoms with E-state index in [4.69, 9.17) is 4.74 Å². The van der Waals surface area contributed by atoms with Gasteiger partial charge in [-0.05, 0) is 36.3 Å². The molecule has 0 radical (unpaired) electrons. The highest BCUT2D eigenvalue weighted by Gasteiger charge is 2.36. The van der Waals surface area contributed by atoms with Crippen molar-refractivity contribution in [2.24, 2.45) is 11.3 Å². The van der Waals surface area contributed by atoms with Gasteiger partial charge in [-0.15, -0.1) is 0 Å².